The van der Waals surface area contributed by atoms with Gasteiger partial charge in [-0.15, -0.1) is 0 Å². The topological polar surface area (TPSA) is 59.4 Å². The lowest BCUT2D eigenvalue weighted by atomic mass is 10.1. The number of benzene rings is 2. The SMILES string of the molecule is COc1ccccc1CN1CCc2nc(-c3cccc(NC(C)=O)c3)n(C)c2C1. The molecule has 0 unspecified atom stereocenters. The van der Waals surface area contributed by atoms with Gasteiger partial charge in [-0.25, -0.2) is 4.98 Å². The van der Waals surface area contributed by atoms with Crippen molar-refractivity contribution >= 4 is 11.6 Å². The van der Waals surface area contributed by atoms with Crippen LogP contribution in [0.4, 0.5) is 5.69 Å². The van der Waals surface area contributed by atoms with Crippen LogP contribution in [0, 0.1) is 0 Å². The van der Waals surface area contributed by atoms with Gasteiger partial charge in [0.15, 0.2) is 0 Å². The van der Waals surface area contributed by atoms with Crippen molar-refractivity contribution in [3.63, 3.8) is 0 Å². The van der Waals surface area contributed by atoms with Crippen LogP contribution in [0.5, 0.6) is 5.75 Å². The molecule has 150 valence electrons. The van der Waals surface area contributed by atoms with Crippen molar-refractivity contribution in [3.05, 3.63) is 65.5 Å². The van der Waals surface area contributed by atoms with E-state index >= 15 is 0 Å². The number of hydrogen-bond donors (Lipinski definition) is 1. The highest BCUT2D eigenvalue weighted by atomic mass is 16.5. The Morgan fingerprint density at radius 3 is 2.83 bits per heavy atom. The second kappa shape index (κ2) is 8.09. The van der Waals surface area contributed by atoms with Crippen LogP contribution in [-0.4, -0.2) is 34.0 Å². The maximum atomic E-state index is 11.4. The zero-order chi connectivity index (χ0) is 20.4. The molecule has 1 aromatic heterocycles. The first-order valence-electron chi connectivity index (χ1n) is 9.82. The van der Waals surface area contributed by atoms with Crippen molar-refractivity contribution in [3.8, 4) is 17.1 Å². The number of hydrogen-bond acceptors (Lipinski definition) is 4. The van der Waals surface area contributed by atoms with Gasteiger partial charge in [-0.1, -0.05) is 30.3 Å². The van der Waals surface area contributed by atoms with Gasteiger partial charge < -0.3 is 14.6 Å². The molecule has 1 aliphatic heterocycles. The third-order valence-electron chi connectivity index (χ3n) is 5.36. The Morgan fingerprint density at radius 1 is 1.21 bits per heavy atom. The summed E-state index contributed by atoms with van der Waals surface area (Å²) < 4.78 is 7.68. The summed E-state index contributed by atoms with van der Waals surface area (Å²) in [6, 6.07) is 16.0. The van der Waals surface area contributed by atoms with Gasteiger partial charge >= 0.3 is 0 Å². The normalized spacial score (nSPS) is 13.8. The van der Waals surface area contributed by atoms with Crippen molar-refractivity contribution in [2.75, 3.05) is 19.0 Å². The van der Waals surface area contributed by atoms with Crippen molar-refractivity contribution < 1.29 is 9.53 Å². The number of aromatic nitrogens is 2. The monoisotopic (exact) mass is 390 g/mol. The van der Waals surface area contributed by atoms with Crippen molar-refractivity contribution in [1.82, 2.24) is 14.5 Å². The van der Waals surface area contributed by atoms with E-state index in [0.29, 0.717) is 0 Å². The quantitative estimate of drug-likeness (QED) is 0.723. The molecule has 1 N–H and O–H groups in total. The van der Waals surface area contributed by atoms with E-state index < -0.39 is 0 Å². The number of nitrogens with zero attached hydrogens (tertiary/aromatic N) is 3. The summed E-state index contributed by atoms with van der Waals surface area (Å²) in [5.41, 5.74) is 5.39. The third kappa shape index (κ3) is 4.03. The molecule has 6 heteroatoms. The van der Waals surface area contributed by atoms with Crippen LogP contribution in [0.15, 0.2) is 48.5 Å². The Kier molecular flexibility index (Phi) is 5.36. The van der Waals surface area contributed by atoms with Crippen molar-refractivity contribution in [1.29, 1.82) is 0 Å². The first-order chi connectivity index (χ1) is 14.0. The number of amides is 1. The van der Waals surface area contributed by atoms with Crippen LogP contribution in [0.2, 0.25) is 0 Å². The van der Waals surface area contributed by atoms with Gasteiger partial charge in [0.05, 0.1) is 18.5 Å². The molecule has 0 saturated carbocycles. The Balaban J connectivity index is 1.57. The van der Waals surface area contributed by atoms with Gasteiger partial charge in [-0.3, -0.25) is 9.69 Å². The molecule has 2 aromatic carbocycles. The molecule has 0 fully saturated rings. The lowest BCUT2D eigenvalue weighted by Crippen LogP contribution is -2.31. The summed E-state index contributed by atoms with van der Waals surface area (Å²) in [5.74, 6) is 1.79. The Bertz CT molecular complexity index is 1040. The van der Waals surface area contributed by atoms with Crippen molar-refractivity contribution in [2.45, 2.75) is 26.4 Å². The van der Waals surface area contributed by atoms with Crippen LogP contribution in [0.3, 0.4) is 0 Å². The molecular formula is C23H26N4O2. The molecule has 6 nitrogen and oxygen atoms in total. The third-order valence-corrected chi connectivity index (χ3v) is 5.36. The number of methoxy groups -OCH3 is 1. The molecule has 0 atom stereocenters. The first-order valence-corrected chi connectivity index (χ1v) is 9.82. The number of carbonyl (C=O) groups is 1. The lowest BCUT2D eigenvalue weighted by molar-refractivity contribution is -0.114. The minimum Gasteiger partial charge on any atom is -0.496 e. The molecule has 0 saturated heterocycles. The number of imidazole rings is 1. The van der Waals surface area contributed by atoms with E-state index in [4.69, 9.17) is 9.72 Å². The summed E-state index contributed by atoms with van der Waals surface area (Å²) in [6.07, 6.45) is 0.920. The summed E-state index contributed by atoms with van der Waals surface area (Å²) in [5, 5.41) is 2.85. The summed E-state index contributed by atoms with van der Waals surface area (Å²) in [4.78, 5) is 18.7. The van der Waals surface area contributed by atoms with E-state index in [0.717, 1.165) is 54.6 Å². The number of fused-ring (bicyclic) bond motifs is 1. The summed E-state index contributed by atoms with van der Waals surface area (Å²) >= 11 is 0. The van der Waals surface area contributed by atoms with Gasteiger partial charge in [0.2, 0.25) is 5.91 Å². The maximum absolute atomic E-state index is 11.4. The minimum absolute atomic E-state index is 0.0757. The van der Waals surface area contributed by atoms with Crippen LogP contribution in [0.25, 0.3) is 11.4 Å². The average molecular weight is 390 g/mol. The smallest absolute Gasteiger partial charge is 0.221 e. The Morgan fingerprint density at radius 2 is 2.03 bits per heavy atom. The largest absolute Gasteiger partial charge is 0.496 e. The number of para-hydroxylation sites is 1. The number of anilines is 1. The maximum Gasteiger partial charge on any atom is 0.221 e. The number of ether oxygens (including phenoxy) is 1. The van der Waals surface area contributed by atoms with E-state index in [9.17, 15) is 4.79 Å². The van der Waals surface area contributed by atoms with Crippen molar-refractivity contribution in [2.24, 2.45) is 7.05 Å². The molecule has 1 amide bonds. The van der Waals surface area contributed by atoms with Gasteiger partial charge in [0.25, 0.3) is 0 Å². The van der Waals surface area contributed by atoms with Gasteiger partial charge in [-0.2, -0.15) is 0 Å². The predicted octanol–water partition coefficient (Wildman–Crippen LogP) is 3.61. The highest BCUT2D eigenvalue weighted by Gasteiger charge is 2.24. The summed E-state index contributed by atoms with van der Waals surface area (Å²) in [7, 11) is 3.79. The first kappa shape index (κ1) is 19.2. The fourth-order valence-corrected chi connectivity index (χ4v) is 3.95. The fraction of sp³-hybridized carbons (Fsp3) is 0.304. The Labute approximate surface area is 171 Å². The molecule has 29 heavy (non-hydrogen) atoms. The van der Waals surface area contributed by atoms with Crippen LogP contribution in [-0.2, 0) is 31.4 Å². The zero-order valence-corrected chi connectivity index (χ0v) is 17.1. The van der Waals surface area contributed by atoms with Crippen LogP contribution >= 0.6 is 0 Å². The van der Waals surface area contributed by atoms with Crippen LogP contribution in [0.1, 0.15) is 23.9 Å². The highest BCUT2D eigenvalue weighted by molar-refractivity contribution is 5.89. The van der Waals surface area contributed by atoms with Gasteiger partial charge in [0, 0.05) is 56.8 Å². The molecular weight excluding hydrogens is 364 g/mol. The number of rotatable bonds is 5. The number of carbonyl (C=O) groups excluding carboxylic acids is 1. The van der Waals surface area contributed by atoms with E-state index in [2.05, 4.69) is 34.0 Å². The second-order valence-corrected chi connectivity index (χ2v) is 7.42. The van der Waals surface area contributed by atoms with E-state index in [1.165, 1.54) is 18.2 Å². The molecule has 0 spiro atoms. The lowest BCUT2D eigenvalue weighted by Gasteiger charge is -2.27. The summed E-state index contributed by atoms with van der Waals surface area (Å²) in [6.45, 7) is 4.18. The van der Waals surface area contributed by atoms with E-state index in [1.807, 2.05) is 36.4 Å². The number of nitrogens with one attached hydrogen (secondary N) is 1. The molecule has 0 radical (unpaired) electrons. The molecule has 1 aliphatic rings. The minimum atomic E-state index is -0.0757. The molecule has 0 aliphatic carbocycles. The second-order valence-electron chi connectivity index (χ2n) is 7.42. The average Bonchev–Trinajstić information content (AvgIpc) is 3.04. The molecule has 3 aromatic rings. The standard InChI is InChI=1S/C23H26N4O2/c1-16(28)24-19-9-6-8-17(13-19)23-25-20-11-12-27(15-21(20)26(23)2)14-18-7-4-5-10-22(18)29-3/h4-10,13H,11-12,14-15H2,1-3H3,(H,24,28). The Hall–Kier alpha value is -3.12. The molecule has 0 bridgehead atoms. The molecule has 4 rings (SSSR count). The predicted molar refractivity (Wildman–Crippen MR) is 114 cm³/mol. The van der Waals surface area contributed by atoms with Gasteiger partial charge in [-0.05, 0) is 18.2 Å². The highest BCUT2D eigenvalue weighted by Crippen LogP contribution is 2.29. The molecule has 2 heterocycles. The van der Waals surface area contributed by atoms with E-state index in [-0.39, 0.29) is 5.91 Å². The van der Waals surface area contributed by atoms with Gasteiger partial charge in [0.1, 0.15) is 11.6 Å². The zero-order valence-electron chi connectivity index (χ0n) is 17.1. The fourth-order valence-electron chi connectivity index (χ4n) is 3.95. The van der Waals surface area contributed by atoms with Crippen LogP contribution < -0.4 is 10.1 Å². The van der Waals surface area contributed by atoms with E-state index in [1.54, 1.807) is 7.11 Å².